The first-order chi connectivity index (χ1) is 8.63. The summed E-state index contributed by atoms with van der Waals surface area (Å²) < 4.78 is 0. The average Bonchev–Trinajstić information content (AvgIpc) is 2.77. The number of thioether (sulfide) groups is 1. The fourth-order valence-corrected chi connectivity index (χ4v) is 3.62. The summed E-state index contributed by atoms with van der Waals surface area (Å²) in [6, 6.07) is 5.08. The van der Waals surface area contributed by atoms with Crippen LogP contribution in [0.2, 0.25) is 0 Å². The lowest BCUT2D eigenvalue weighted by Gasteiger charge is -2.16. The zero-order chi connectivity index (χ0) is 13.0. The van der Waals surface area contributed by atoms with Crippen molar-refractivity contribution in [3.05, 3.63) is 23.4 Å². The van der Waals surface area contributed by atoms with Crippen LogP contribution in [0.25, 0.3) is 0 Å². The van der Waals surface area contributed by atoms with Crippen LogP contribution in [0.1, 0.15) is 43.9 Å². The Morgan fingerprint density at radius 1 is 1.33 bits per heavy atom. The quantitative estimate of drug-likeness (QED) is 0.821. The van der Waals surface area contributed by atoms with E-state index < -0.39 is 0 Å². The smallest absolute Gasteiger partial charge is 0.0968 e. The molecule has 0 bridgehead atoms. The van der Waals surface area contributed by atoms with E-state index in [0.717, 1.165) is 23.3 Å². The molecule has 1 heterocycles. The molecule has 1 aliphatic carbocycles. The summed E-state index contributed by atoms with van der Waals surface area (Å²) in [6.45, 7) is 7.58. The number of aryl methyl sites for hydroxylation is 2. The number of pyridine rings is 1. The molecule has 0 aromatic carbocycles. The van der Waals surface area contributed by atoms with Gasteiger partial charge in [0, 0.05) is 23.5 Å². The lowest BCUT2D eigenvalue weighted by Crippen LogP contribution is -2.31. The van der Waals surface area contributed by atoms with Crippen molar-refractivity contribution in [3.8, 4) is 0 Å². The van der Waals surface area contributed by atoms with Gasteiger partial charge in [-0.3, -0.25) is 0 Å². The number of nitrogens with one attached hydrogen (secondary N) is 1. The molecule has 1 fully saturated rings. The van der Waals surface area contributed by atoms with Gasteiger partial charge in [0.25, 0.3) is 0 Å². The summed E-state index contributed by atoms with van der Waals surface area (Å²) in [7, 11) is 0. The summed E-state index contributed by atoms with van der Waals surface area (Å²) in [6.07, 6.45) is 5.52. The van der Waals surface area contributed by atoms with Gasteiger partial charge in [0.2, 0.25) is 0 Å². The van der Waals surface area contributed by atoms with Crippen molar-refractivity contribution in [2.75, 3.05) is 6.54 Å². The Balaban J connectivity index is 1.80. The molecule has 2 nitrogen and oxygen atoms in total. The first kappa shape index (κ1) is 13.9. The normalized spacial score (nSPS) is 18.2. The second kappa shape index (κ2) is 6.58. The maximum Gasteiger partial charge on any atom is 0.0968 e. The van der Waals surface area contributed by atoms with Crippen LogP contribution in [0.5, 0.6) is 0 Å². The van der Waals surface area contributed by atoms with E-state index in [-0.39, 0.29) is 0 Å². The minimum atomic E-state index is 0.583. The molecule has 0 saturated heterocycles. The van der Waals surface area contributed by atoms with Gasteiger partial charge in [-0.1, -0.05) is 19.8 Å². The van der Waals surface area contributed by atoms with Crippen LogP contribution >= 0.6 is 11.8 Å². The number of nitrogens with zero attached hydrogens (tertiary/aromatic N) is 1. The molecule has 0 radical (unpaired) electrons. The van der Waals surface area contributed by atoms with Gasteiger partial charge in [-0.2, -0.15) is 0 Å². The van der Waals surface area contributed by atoms with E-state index in [9.17, 15) is 0 Å². The molecule has 0 aliphatic heterocycles. The van der Waals surface area contributed by atoms with Crippen molar-refractivity contribution in [2.24, 2.45) is 0 Å². The largest absolute Gasteiger partial charge is 0.313 e. The summed E-state index contributed by atoms with van der Waals surface area (Å²) in [5.41, 5.74) is 2.43. The predicted molar refractivity (Wildman–Crippen MR) is 79.3 cm³/mol. The van der Waals surface area contributed by atoms with Gasteiger partial charge in [0.15, 0.2) is 0 Å². The van der Waals surface area contributed by atoms with E-state index in [2.05, 4.69) is 43.2 Å². The molecule has 18 heavy (non-hydrogen) atoms. The number of hydrogen-bond donors (Lipinski definition) is 1. The second-order valence-corrected chi connectivity index (χ2v) is 6.90. The Morgan fingerprint density at radius 3 is 2.72 bits per heavy atom. The van der Waals surface area contributed by atoms with Crippen LogP contribution in [-0.4, -0.2) is 22.8 Å². The molecule has 1 aromatic rings. The third-order valence-corrected chi connectivity index (χ3v) is 4.47. The third kappa shape index (κ3) is 4.29. The molecule has 0 spiro atoms. The standard InChI is InChI=1S/C15H24N2S/c1-11-8-12(2)17-15(9-11)18-13(3)10-16-14-6-4-5-7-14/h8-9,13-14,16H,4-7,10H2,1-3H3. The highest BCUT2D eigenvalue weighted by molar-refractivity contribution is 7.99. The highest BCUT2D eigenvalue weighted by atomic mass is 32.2. The maximum absolute atomic E-state index is 4.59. The van der Waals surface area contributed by atoms with E-state index >= 15 is 0 Å². The van der Waals surface area contributed by atoms with Gasteiger partial charge in [0.05, 0.1) is 5.03 Å². The van der Waals surface area contributed by atoms with Crippen molar-refractivity contribution >= 4 is 11.8 Å². The van der Waals surface area contributed by atoms with Crippen molar-refractivity contribution in [1.82, 2.24) is 10.3 Å². The fraction of sp³-hybridized carbons (Fsp3) is 0.667. The van der Waals surface area contributed by atoms with E-state index in [1.165, 1.54) is 31.2 Å². The number of rotatable bonds is 5. The second-order valence-electron chi connectivity index (χ2n) is 5.44. The average molecular weight is 264 g/mol. The lowest BCUT2D eigenvalue weighted by molar-refractivity contribution is 0.527. The fourth-order valence-electron chi connectivity index (χ4n) is 2.58. The molecule has 3 heteroatoms. The summed E-state index contributed by atoms with van der Waals surface area (Å²) in [5.74, 6) is 0. The zero-order valence-corrected chi connectivity index (χ0v) is 12.5. The molecule has 1 N–H and O–H groups in total. The van der Waals surface area contributed by atoms with E-state index in [1.54, 1.807) is 0 Å². The first-order valence-electron chi connectivity index (χ1n) is 6.99. The summed E-state index contributed by atoms with van der Waals surface area (Å²) in [5, 5.41) is 5.43. The lowest BCUT2D eigenvalue weighted by atomic mass is 10.2. The van der Waals surface area contributed by atoms with Crippen molar-refractivity contribution in [2.45, 2.75) is 62.8 Å². The maximum atomic E-state index is 4.59. The molecule has 1 aliphatic rings. The van der Waals surface area contributed by atoms with Crippen LogP contribution in [0.15, 0.2) is 17.2 Å². The molecule has 1 saturated carbocycles. The minimum absolute atomic E-state index is 0.583. The molecule has 1 atom stereocenters. The van der Waals surface area contributed by atoms with E-state index in [0.29, 0.717) is 5.25 Å². The predicted octanol–water partition coefficient (Wildman–Crippen LogP) is 3.71. The Kier molecular flexibility index (Phi) is 5.07. The van der Waals surface area contributed by atoms with Crippen LogP contribution < -0.4 is 5.32 Å². The first-order valence-corrected chi connectivity index (χ1v) is 7.87. The number of hydrogen-bond acceptors (Lipinski definition) is 3. The molecule has 2 rings (SSSR count). The van der Waals surface area contributed by atoms with Gasteiger partial charge in [-0.25, -0.2) is 4.98 Å². The highest BCUT2D eigenvalue weighted by Crippen LogP contribution is 2.23. The number of aromatic nitrogens is 1. The van der Waals surface area contributed by atoms with Crippen LogP contribution in [0, 0.1) is 13.8 Å². The molecule has 0 amide bonds. The Labute approximate surface area is 115 Å². The summed E-state index contributed by atoms with van der Waals surface area (Å²) in [4.78, 5) is 4.59. The minimum Gasteiger partial charge on any atom is -0.313 e. The third-order valence-electron chi connectivity index (χ3n) is 3.45. The molecule has 1 aromatic heterocycles. The van der Waals surface area contributed by atoms with E-state index in [1.807, 2.05) is 11.8 Å². The monoisotopic (exact) mass is 264 g/mol. The van der Waals surface area contributed by atoms with Gasteiger partial charge >= 0.3 is 0 Å². The van der Waals surface area contributed by atoms with Gasteiger partial charge in [-0.05, 0) is 44.4 Å². The van der Waals surface area contributed by atoms with Crippen molar-refractivity contribution < 1.29 is 0 Å². The van der Waals surface area contributed by atoms with Crippen molar-refractivity contribution in [1.29, 1.82) is 0 Å². The van der Waals surface area contributed by atoms with Gasteiger partial charge in [0.1, 0.15) is 0 Å². The topological polar surface area (TPSA) is 24.9 Å². The zero-order valence-electron chi connectivity index (χ0n) is 11.7. The Hall–Kier alpha value is -0.540. The SMILES string of the molecule is Cc1cc(C)nc(SC(C)CNC2CCCC2)c1. The van der Waals surface area contributed by atoms with E-state index in [4.69, 9.17) is 0 Å². The Morgan fingerprint density at radius 2 is 2.06 bits per heavy atom. The van der Waals surface area contributed by atoms with Crippen LogP contribution in [0.3, 0.4) is 0 Å². The van der Waals surface area contributed by atoms with Crippen LogP contribution in [-0.2, 0) is 0 Å². The van der Waals surface area contributed by atoms with Gasteiger partial charge in [-0.15, -0.1) is 11.8 Å². The van der Waals surface area contributed by atoms with Gasteiger partial charge < -0.3 is 5.32 Å². The molecule has 100 valence electrons. The Bertz CT molecular complexity index is 366. The molecular weight excluding hydrogens is 240 g/mol. The van der Waals surface area contributed by atoms with Crippen molar-refractivity contribution in [3.63, 3.8) is 0 Å². The van der Waals surface area contributed by atoms with Crippen LogP contribution in [0.4, 0.5) is 0 Å². The molecule has 1 unspecified atom stereocenters. The highest BCUT2D eigenvalue weighted by Gasteiger charge is 2.15. The summed E-state index contributed by atoms with van der Waals surface area (Å²) >= 11 is 1.88. The molecular formula is C15H24N2S.